The third-order valence-corrected chi connectivity index (χ3v) is 5.88. The summed E-state index contributed by atoms with van der Waals surface area (Å²) >= 11 is 1.46. The minimum Gasteiger partial charge on any atom is -0.497 e. The first-order valence-corrected chi connectivity index (χ1v) is 10.2. The number of para-hydroxylation sites is 1. The van der Waals surface area contributed by atoms with Crippen molar-refractivity contribution in [2.24, 2.45) is 0 Å². The van der Waals surface area contributed by atoms with Gasteiger partial charge >= 0.3 is 0 Å². The first kappa shape index (κ1) is 19.8. The van der Waals surface area contributed by atoms with Gasteiger partial charge in [-0.05, 0) is 44.2 Å². The lowest BCUT2D eigenvalue weighted by Gasteiger charge is -2.13. The summed E-state index contributed by atoms with van der Waals surface area (Å²) in [5.74, 6) is 1.10. The van der Waals surface area contributed by atoms with Crippen LogP contribution in [0, 0.1) is 13.8 Å². The molecule has 0 aliphatic rings. The van der Waals surface area contributed by atoms with Gasteiger partial charge in [-0.1, -0.05) is 18.2 Å². The highest BCUT2D eigenvalue weighted by atomic mass is 32.1. The number of thiazole rings is 1. The zero-order valence-electron chi connectivity index (χ0n) is 17.1. The van der Waals surface area contributed by atoms with Crippen molar-refractivity contribution in [3.05, 3.63) is 64.7 Å². The van der Waals surface area contributed by atoms with E-state index in [-0.39, 0.29) is 5.91 Å². The van der Waals surface area contributed by atoms with Crippen LogP contribution in [0.3, 0.4) is 0 Å². The first-order valence-electron chi connectivity index (χ1n) is 9.37. The fraction of sp³-hybridized carbons (Fsp3) is 0.174. The maximum absolute atomic E-state index is 13.2. The summed E-state index contributed by atoms with van der Waals surface area (Å²) in [4.78, 5) is 23.4. The number of anilines is 1. The van der Waals surface area contributed by atoms with Gasteiger partial charge in [0.2, 0.25) is 0 Å². The normalized spacial score (nSPS) is 10.8. The average molecular weight is 420 g/mol. The molecule has 1 N–H and O–H groups in total. The van der Waals surface area contributed by atoms with E-state index in [4.69, 9.17) is 14.5 Å². The smallest absolute Gasteiger partial charge is 0.258 e. The summed E-state index contributed by atoms with van der Waals surface area (Å²) < 4.78 is 10.9. The lowest BCUT2D eigenvalue weighted by atomic mass is 10.0. The number of methoxy groups -OCH3 is 2. The monoisotopic (exact) mass is 419 g/mol. The number of rotatable bonds is 5. The molecule has 0 radical (unpaired) electrons. The molecule has 2 aromatic carbocycles. The lowest BCUT2D eigenvalue weighted by Crippen LogP contribution is -2.13. The number of nitrogens with one attached hydrogen (secondary N) is 1. The van der Waals surface area contributed by atoms with Crippen molar-refractivity contribution in [3.63, 3.8) is 0 Å². The third-order valence-electron chi connectivity index (χ3n) is 4.89. The summed E-state index contributed by atoms with van der Waals surface area (Å²) in [5, 5.41) is 4.28. The predicted octanol–water partition coefficient (Wildman–Crippen LogP) is 5.24. The molecule has 4 rings (SSSR count). The number of ether oxygens (including phenoxy) is 2. The summed E-state index contributed by atoms with van der Waals surface area (Å²) in [6.45, 7) is 3.91. The number of aromatic nitrogens is 2. The van der Waals surface area contributed by atoms with Crippen LogP contribution >= 0.6 is 11.3 Å². The molecule has 0 aliphatic carbocycles. The maximum atomic E-state index is 13.2. The number of nitrogens with zero attached hydrogens (tertiary/aromatic N) is 2. The van der Waals surface area contributed by atoms with Crippen LogP contribution in [-0.4, -0.2) is 30.1 Å². The van der Waals surface area contributed by atoms with E-state index in [9.17, 15) is 4.79 Å². The molecule has 7 heteroatoms. The Kier molecular flexibility index (Phi) is 5.37. The van der Waals surface area contributed by atoms with Crippen molar-refractivity contribution < 1.29 is 14.3 Å². The minimum atomic E-state index is -0.231. The molecular weight excluding hydrogens is 398 g/mol. The van der Waals surface area contributed by atoms with Crippen LogP contribution in [0.4, 0.5) is 5.13 Å². The maximum Gasteiger partial charge on any atom is 0.258 e. The highest BCUT2D eigenvalue weighted by Crippen LogP contribution is 2.34. The van der Waals surface area contributed by atoms with Crippen LogP contribution in [0.15, 0.2) is 48.5 Å². The molecule has 0 unspecified atom stereocenters. The van der Waals surface area contributed by atoms with Crippen molar-refractivity contribution in [3.8, 4) is 22.8 Å². The zero-order valence-corrected chi connectivity index (χ0v) is 18.0. The average Bonchev–Trinajstić information content (AvgIpc) is 3.08. The molecule has 0 atom stereocenters. The van der Waals surface area contributed by atoms with Gasteiger partial charge in [-0.3, -0.25) is 10.1 Å². The molecule has 0 saturated carbocycles. The highest BCUT2D eigenvalue weighted by molar-refractivity contribution is 7.15. The van der Waals surface area contributed by atoms with Crippen molar-refractivity contribution in [2.45, 2.75) is 13.8 Å². The van der Waals surface area contributed by atoms with E-state index in [2.05, 4.69) is 10.3 Å². The Morgan fingerprint density at radius 1 is 1.00 bits per heavy atom. The molecule has 1 amide bonds. The molecule has 0 bridgehead atoms. The Morgan fingerprint density at radius 2 is 1.80 bits per heavy atom. The van der Waals surface area contributed by atoms with Crippen LogP contribution in [0.2, 0.25) is 0 Å². The SMILES string of the molecule is COc1ccc(OC)c(-c2cc(C(=O)Nc3nc(C)c(C)s3)c3ccccc3n2)c1. The van der Waals surface area contributed by atoms with Gasteiger partial charge < -0.3 is 9.47 Å². The molecule has 0 fully saturated rings. The van der Waals surface area contributed by atoms with Gasteiger partial charge in [0.1, 0.15) is 11.5 Å². The number of carbonyl (C=O) groups is 1. The number of aryl methyl sites for hydroxylation is 2. The van der Waals surface area contributed by atoms with Crippen molar-refractivity contribution in [1.29, 1.82) is 0 Å². The molecule has 2 aromatic heterocycles. The summed E-state index contributed by atoms with van der Waals surface area (Å²) in [6, 6.07) is 14.9. The van der Waals surface area contributed by atoms with Gasteiger partial charge in [0.15, 0.2) is 5.13 Å². The topological polar surface area (TPSA) is 73.3 Å². The summed E-state index contributed by atoms with van der Waals surface area (Å²) in [7, 11) is 3.21. The molecule has 0 aliphatic heterocycles. The summed E-state index contributed by atoms with van der Waals surface area (Å²) in [5.41, 5.74) is 3.53. The Labute approximate surface area is 178 Å². The Balaban J connectivity index is 1.85. The molecule has 0 spiro atoms. The van der Waals surface area contributed by atoms with E-state index in [0.717, 1.165) is 27.0 Å². The van der Waals surface area contributed by atoms with Crippen LogP contribution < -0.4 is 14.8 Å². The fourth-order valence-corrected chi connectivity index (χ4v) is 4.02. The van der Waals surface area contributed by atoms with Crippen molar-refractivity contribution in [1.82, 2.24) is 9.97 Å². The van der Waals surface area contributed by atoms with Crippen LogP contribution in [0.5, 0.6) is 11.5 Å². The van der Waals surface area contributed by atoms with Crippen LogP contribution in [0.1, 0.15) is 20.9 Å². The first-order chi connectivity index (χ1) is 14.5. The lowest BCUT2D eigenvalue weighted by molar-refractivity contribution is 0.102. The van der Waals surface area contributed by atoms with Crippen molar-refractivity contribution in [2.75, 3.05) is 19.5 Å². The van der Waals surface area contributed by atoms with Gasteiger partial charge in [0.05, 0.1) is 36.7 Å². The predicted molar refractivity (Wildman–Crippen MR) is 120 cm³/mol. The standard InChI is InChI=1S/C23H21N3O3S/c1-13-14(2)30-23(24-13)26-22(27)17-12-20(25-19-8-6-5-7-16(17)19)18-11-15(28-3)9-10-21(18)29-4/h5-12H,1-4H3,(H,24,26,27). The summed E-state index contributed by atoms with van der Waals surface area (Å²) in [6.07, 6.45) is 0. The van der Waals surface area contributed by atoms with E-state index >= 15 is 0 Å². The number of hydrogen-bond donors (Lipinski definition) is 1. The van der Waals surface area contributed by atoms with Gasteiger partial charge in [-0.25, -0.2) is 9.97 Å². The molecule has 30 heavy (non-hydrogen) atoms. The van der Waals surface area contributed by atoms with E-state index in [1.807, 2.05) is 56.3 Å². The van der Waals surface area contributed by atoms with Gasteiger partial charge in [-0.2, -0.15) is 0 Å². The van der Waals surface area contributed by atoms with Gasteiger partial charge in [-0.15, -0.1) is 11.3 Å². The quantitative estimate of drug-likeness (QED) is 0.479. The van der Waals surface area contributed by atoms with Crippen LogP contribution in [-0.2, 0) is 0 Å². The second-order valence-corrected chi connectivity index (χ2v) is 7.96. The number of pyridine rings is 1. The van der Waals surface area contributed by atoms with E-state index in [1.165, 1.54) is 11.3 Å². The second kappa shape index (κ2) is 8.12. The van der Waals surface area contributed by atoms with Crippen LogP contribution in [0.25, 0.3) is 22.2 Å². The second-order valence-electron chi connectivity index (χ2n) is 6.75. The Bertz CT molecular complexity index is 1230. The molecular formula is C23H21N3O3S. The minimum absolute atomic E-state index is 0.231. The van der Waals surface area contributed by atoms with Gasteiger partial charge in [0.25, 0.3) is 5.91 Å². The number of amides is 1. The molecule has 152 valence electrons. The molecule has 0 saturated heterocycles. The number of fused-ring (bicyclic) bond motifs is 1. The number of hydrogen-bond acceptors (Lipinski definition) is 6. The van der Waals surface area contributed by atoms with E-state index in [1.54, 1.807) is 20.3 Å². The number of benzene rings is 2. The largest absolute Gasteiger partial charge is 0.497 e. The van der Waals surface area contributed by atoms with E-state index < -0.39 is 0 Å². The Hall–Kier alpha value is -3.45. The zero-order chi connectivity index (χ0) is 21.3. The number of carbonyl (C=O) groups excluding carboxylic acids is 1. The highest BCUT2D eigenvalue weighted by Gasteiger charge is 2.18. The van der Waals surface area contributed by atoms with E-state index in [0.29, 0.717) is 27.9 Å². The molecule has 2 heterocycles. The third kappa shape index (κ3) is 3.71. The van der Waals surface area contributed by atoms with Crippen molar-refractivity contribution >= 4 is 33.3 Å². The molecule has 6 nitrogen and oxygen atoms in total. The molecule has 4 aromatic rings. The Morgan fingerprint density at radius 3 is 2.50 bits per heavy atom. The van der Waals surface area contributed by atoms with Gasteiger partial charge in [0, 0.05) is 15.8 Å². The fourth-order valence-electron chi connectivity index (χ4n) is 3.21.